The van der Waals surface area contributed by atoms with Crippen molar-refractivity contribution in [1.29, 1.82) is 0 Å². The van der Waals surface area contributed by atoms with Crippen LogP contribution in [0, 0.1) is 5.82 Å². The highest BCUT2D eigenvalue weighted by Gasteiger charge is 2.21. The molecule has 2 aromatic carbocycles. The zero-order valence-electron chi connectivity index (χ0n) is 14.1. The van der Waals surface area contributed by atoms with Gasteiger partial charge in [-0.05, 0) is 36.4 Å². The minimum atomic E-state index is -3.79. The van der Waals surface area contributed by atoms with Crippen LogP contribution < -0.4 is 9.62 Å². The highest BCUT2D eigenvalue weighted by Crippen LogP contribution is 2.19. The van der Waals surface area contributed by atoms with Gasteiger partial charge < -0.3 is 10.1 Å². The van der Waals surface area contributed by atoms with Gasteiger partial charge in [0.2, 0.25) is 15.9 Å². The van der Waals surface area contributed by atoms with Gasteiger partial charge in [0.25, 0.3) is 0 Å². The van der Waals surface area contributed by atoms with Gasteiger partial charge in [0, 0.05) is 0 Å². The van der Waals surface area contributed by atoms with Crippen molar-refractivity contribution in [2.45, 2.75) is 0 Å². The Morgan fingerprint density at radius 3 is 2.27 bits per heavy atom. The van der Waals surface area contributed by atoms with E-state index in [0.717, 1.165) is 10.6 Å². The monoisotopic (exact) mass is 380 g/mol. The maximum Gasteiger partial charge on any atom is 0.337 e. The number of nitrogens with one attached hydrogen (secondary N) is 1. The molecule has 0 radical (unpaired) electrons. The fourth-order valence-corrected chi connectivity index (χ4v) is 3.02. The molecule has 0 aromatic heterocycles. The van der Waals surface area contributed by atoms with Crippen LogP contribution in [-0.4, -0.2) is 40.2 Å². The molecule has 0 aliphatic heterocycles. The van der Waals surface area contributed by atoms with E-state index in [1.165, 1.54) is 49.6 Å². The fourth-order valence-electron chi connectivity index (χ4n) is 2.16. The maximum atomic E-state index is 13.6. The number of ether oxygens (including phenoxy) is 1. The second-order valence-electron chi connectivity index (χ2n) is 5.34. The SMILES string of the molecule is COC(=O)c1ccc(N(CC(=O)Nc2ccccc2F)S(C)(=O)=O)cc1. The summed E-state index contributed by atoms with van der Waals surface area (Å²) in [6, 6.07) is 11.1. The van der Waals surface area contributed by atoms with Crippen molar-refractivity contribution in [3.63, 3.8) is 0 Å². The van der Waals surface area contributed by atoms with E-state index in [1.54, 1.807) is 6.07 Å². The first kappa shape index (κ1) is 19.4. The molecular weight excluding hydrogens is 363 g/mol. The van der Waals surface area contributed by atoms with Crippen molar-refractivity contribution in [2.75, 3.05) is 29.5 Å². The molecule has 0 fully saturated rings. The summed E-state index contributed by atoms with van der Waals surface area (Å²) in [5, 5.41) is 2.33. The third-order valence-electron chi connectivity index (χ3n) is 3.41. The number of esters is 1. The molecule has 0 heterocycles. The van der Waals surface area contributed by atoms with E-state index >= 15 is 0 Å². The van der Waals surface area contributed by atoms with Crippen LogP contribution in [0.2, 0.25) is 0 Å². The molecular formula is C17H17FN2O5S. The van der Waals surface area contributed by atoms with Crippen LogP contribution in [-0.2, 0) is 19.6 Å². The number of carbonyl (C=O) groups is 2. The van der Waals surface area contributed by atoms with Gasteiger partial charge in [-0.3, -0.25) is 9.10 Å². The Morgan fingerprint density at radius 1 is 1.12 bits per heavy atom. The molecule has 9 heteroatoms. The van der Waals surface area contributed by atoms with Crippen LogP contribution in [0.15, 0.2) is 48.5 Å². The second-order valence-corrected chi connectivity index (χ2v) is 7.24. The van der Waals surface area contributed by atoms with Crippen LogP contribution in [0.1, 0.15) is 10.4 Å². The maximum absolute atomic E-state index is 13.6. The lowest BCUT2D eigenvalue weighted by Gasteiger charge is -2.22. The van der Waals surface area contributed by atoms with Crippen molar-refractivity contribution in [2.24, 2.45) is 0 Å². The lowest BCUT2D eigenvalue weighted by atomic mass is 10.2. The molecule has 0 aliphatic rings. The highest BCUT2D eigenvalue weighted by atomic mass is 32.2. The Balaban J connectivity index is 2.22. The molecule has 0 aliphatic carbocycles. The van der Waals surface area contributed by atoms with E-state index in [4.69, 9.17) is 0 Å². The summed E-state index contributed by atoms with van der Waals surface area (Å²) in [5.74, 6) is -1.91. The number of para-hydroxylation sites is 1. The first-order valence-corrected chi connectivity index (χ1v) is 9.27. The topological polar surface area (TPSA) is 92.8 Å². The Labute approximate surface area is 150 Å². The molecule has 26 heavy (non-hydrogen) atoms. The van der Waals surface area contributed by atoms with E-state index < -0.39 is 34.3 Å². The molecule has 2 rings (SSSR count). The number of hydrogen-bond acceptors (Lipinski definition) is 5. The summed E-state index contributed by atoms with van der Waals surface area (Å²) in [6.07, 6.45) is 0.942. The molecule has 1 amide bonds. The largest absolute Gasteiger partial charge is 0.465 e. The van der Waals surface area contributed by atoms with E-state index in [2.05, 4.69) is 10.1 Å². The van der Waals surface area contributed by atoms with Gasteiger partial charge in [0.05, 0.1) is 30.3 Å². The molecule has 0 saturated carbocycles. The number of carbonyl (C=O) groups excluding carboxylic acids is 2. The van der Waals surface area contributed by atoms with Crippen LogP contribution in [0.3, 0.4) is 0 Å². The van der Waals surface area contributed by atoms with Crippen LogP contribution in [0.25, 0.3) is 0 Å². The van der Waals surface area contributed by atoms with Crippen molar-refractivity contribution < 1.29 is 27.1 Å². The molecule has 0 spiro atoms. The van der Waals surface area contributed by atoms with Crippen LogP contribution >= 0.6 is 0 Å². The Hall–Kier alpha value is -2.94. The van der Waals surface area contributed by atoms with Gasteiger partial charge in [-0.15, -0.1) is 0 Å². The number of benzene rings is 2. The molecule has 0 saturated heterocycles. The first-order valence-electron chi connectivity index (χ1n) is 7.43. The van der Waals surface area contributed by atoms with Crippen molar-refractivity contribution in [1.82, 2.24) is 0 Å². The highest BCUT2D eigenvalue weighted by molar-refractivity contribution is 7.92. The van der Waals surface area contributed by atoms with Gasteiger partial charge in [-0.1, -0.05) is 12.1 Å². The number of rotatable bonds is 6. The Bertz CT molecular complexity index is 913. The van der Waals surface area contributed by atoms with E-state index in [1.807, 2.05) is 0 Å². The number of nitrogens with zero attached hydrogens (tertiary/aromatic N) is 1. The Kier molecular flexibility index (Phi) is 5.93. The van der Waals surface area contributed by atoms with E-state index in [0.29, 0.717) is 0 Å². The number of sulfonamides is 1. The van der Waals surface area contributed by atoms with Crippen molar-refractivity contribution in [3.8, 4) is 0 Å². The predicted octanol–water partition coefficient (Wildman–Crippen LogP) is 2.02. The summed E-state index contributed by atoms with van der Waals surface area (Å²) in [7, 11) is -2.56. The summed E-state index contributed by atoms with van der Waals surface area (Å²) >= 11 is 0. The van der Waals surface area contributed by atoms with Crippen LogP contribution in [0.4, 0.5) is 15.8 Å². The predicted molar refractivity (Wildman–Crippen MR) is 95.0 cm³/mol. The summed E-state index contributed by atoms with van der Waals surface area (Å²) in [6.45, 7) is -0.551. The van der Waals surface area contributed by atoms with E-state index in [-0.39, 0.29) is 16.9 Å². The number of anilines is 2. The summed E-state index contributed by atoms with van der Waals surface area (Å²) in [5.41, 5.74) is 0.372. The third kappa shape index (κ3) is 4.79. The first-order chi connectivity index (χ1) is 12.2. The molecule has 0 atom stereocenters. The average molecular weight is 380 g/mol. The van der Waals surface area contributed by atoms with Gasteiger partial charge in [-0.25, -0.2) is 17.6 Å². The Morgan fingerprint density at radius 2 is 1.73 bits per heavy atom. The number of halogens is 1. The molecule has 1 N–H and O–H groups in total. The standard InChI is InChI=1S/C17H17FN2O5S/c1-25-17(22)12-7-9-13(10-8-12)20(26(2,23)24)11-16(21)19-15-6-4-3-5-14(15)18/h3-10H,11H2,1-2H3,(H,19,21). The number of methoxy groups -OCH3 is 1. The zero-order valence-corrected chi connectivity index (χ0v) is 14.9. The summed E-state index contributed by atoms with van der Waals surface area (Å²) < 4.78 is 43.1. The van der Waals surface area contributed by atoms with Gasteiger partial charge >= 0.3 is 5.97 Å². The number of hydrogen-bond donors (Lipinski definition) is 1. The lowest BCUT2D eigenvalue weighted by Crippen LogP contribution is -2.37. The minimum absolute atomic E-state index is 0.0491. The van der Waals surface area contributed by atoms with Gasteiger partial charge in [-0.2, -0.15) is 0 Å². The zero-order chi connectivity index (χ0) is 19.3. The third-order valence-corrected chi connectivity index (χ3v) is 4.55. The quantitative estimate of drug-likeness (QED) is 0.774. The smallest absolute Gasteiger partial charge is 0.337 e. The second kappa shape index (κ2) is 7.96. The van der Waals surface area contributed by atoms with Gasteiger partial charge in [0.15, 0.2) is 0 Å². The molecule has 7 nitrogen and oxygen atoms in total. The van der Waals surface area contributed by atoms with Crippen molar-refractivity contribution in [3.05, 3.63) is 59.9 Å². The lowest BCUT2D eigenvalue weighted by molar-refractivity contribution is -0.114. The average Bonchev–Trinajstić information content (AvgIpc) is 2.60. The van der Waals surface area contributed by atoms with E-state index in [9.17, 15) is 22.4 Å². The minimum Gasteiger partial charge on any atom is -0.465 e. The van der Waals surface area contributed by atoms with Crippen LogP contribution in [0.5, 0.6) is 0 Å². The van der Waals surface area contributed by atoms with Crippen molar-refractivity contribution >= 4 is 33.3 Å². The molecule has 0 bridgehead atoms. The normalized spacial score (nSPS) is 10.9. The summed E-state index contributed by atoms with van der Waals surface area (Å²) in [4.78, 5) is 23.6. The molecule has 2 aromatic rings. The molecule has 0 unspecified atom stereocenters. The number of amides is 1. The fraction of sp³-hybridized carbons (Fsp3) is 0.176. The van der Waals surface area contributed by atoms with Gasteiger partial charge in [0.1, 0.15) is 12.4 Å². The molecule has 138 valence electrons.